The minimum Gasteiger partial charge on any atom is -0.370 e. The van der Waals surface area contributed by atoms with Crippen LogP contribution >= 0.6 is 27.5 Å². The number of nitrogens with zero attached hydrogens (tertiary/aromatic N) is 2. The van der Waals surface area contributed by atoms with E-state index in [1.807, 2.05) is 0 Å². The molecule has 0 aromatic carbocycles. The van der Waals surface area contributed by atoms with Gasteiger partial charge in [0.25, 0.3) is 0 Å². The summed E-state index contributed by atoms with van der Waals surface area (Å²) in [6.45, 7) is 0.418. The lowest BCUT2D eigenvalue weighted by molar-refractivity contribution is -0.117. The van der Waals surface area contributed by atoms with Gasteiger partial charge in [0.1, 0.15) is 17.3 Å². The second kappa shape index (κ2) is 5.11. The highest BCUT2D eigenvalue weighted by atomic mass is 79.9. The van der Waals surface area contributed by atoms with Gasteiger partial charge in [-0.2, -0.15) is 0 Å². The molecule has 0 saturated carbocycles. The highest BCUT2D eigenvalue weighted by Gasteiger charge is 2.05. The molecular weight excluding hydrogens is 271 g/mol. The van der Waals surface area contributed by atoms with E-state index in [-0.39, 0.29) is 12.3 Å². The number of carbonyl (C=O) groups excluding carboxylic acids is 1. The van der Waals surface area contributed by atoms with Gasteiger partial charge in [0.05, 0.1) is 4.47 Å². The molecule has 5 nitrogen and oxygen atoms in total. The van der Waals surface area contributed by atoms with Crippen LogP contribution in [0.1, 0.15) is 6.42 Å². The number of rotatable bonds is 4. The van der Waals surface area contributed by atoms with Crippen molar-refractivity contribution in [2.45, 2.75) is 6.42 Å². The second-order valence-corrected chi connectivity index (χ2v) is 3.62. The molecule has 3 N–H and O–H groups in total. The summed E-state index contributed by atoms with van der Waals surface area (Å²) in [6, 6.07) is 0. The molecule has 0 bridgehead atoms. The van der Waals surface area contributed by atoms with Crippen molar-refractivity contribution in [1.82, 2.24) is 9.97 Å². The van der Waals surface area contributed by atoms with Gasteiger partial charge < -0.3 is 11.1 Å². The molecule has 0 aliphatic carbocycles. The van der Waals surface area contributed by atoms with Crippen molar-refractivity contribution >= 4 is 39.3 Å². The van der Waals surface area contributed by atoms with Crippen LogP contribution in [0, 0.1) is 0 Å². The van der Waals surface area contributed by atoms with Gasteiger partial charge in [-0.25, -0.2) is 9.97 Å². The first-order chi connectivity index (χ1) is 6.61. The first-order valence-electron chi connectivity index (χ1n) is 3.79. The molecule has 0 aliphatic rings. The molecule has 1 aromatic rings. The van der Waals surface area contributed by atoms with Crippen LogP contribution in [-0.2, 0) is 4.79 Å². The first-order valence-corrected chi connectivity index (χ1v) is 4.96. The minimum absolute atomic E-state index is 0.244. The zero-order valence-electron chi connectivity index (χ0n) is 7.13. The SMILES string of the molecule is NC(=O)CCNc1ncnc(Cl)c1Br. The predicted molar refractivity (Wildman–Crippen MR) is 57.0 cm³/mol. The first kappa shape index (κ1) is 11.2. The second-order valence-electron chi connectivity index (χ2n) is 2.47. The summed E-state index contributed by atoms with van der Waals surface area (Å²) in [5.74, 6) is 0.181. The molecule has 1 rings (SSSR count). The van der Waals surface area contributed by atoms with Crippen LogP contribution in [0.25, 0.3) is 0 Å². The maximum atomic E-state index is 10.5. The number of hydrogen-bond donors (Lipinski definition) is 2. The normalized spacial score (nSPS) is 9.86. The van der Waals surface area contributed by atoms with Gasteiger partial charge in [0, 0.05) is 13.0 Å². The number of hydrogen-bond acceptors (Lipinski definition) is 4. The van der Waals surface area contributed by atoms with Gasteiger partial charge in [-0.15, -0.1) is 0 Å². The van der Waals surface area contributed by atoms with Gasteiger partial charge in [0.2, 0.25) is 5.91 Å². The number of halogens is 2. The Hall–Kier alpha value is -0.880. The lowest BCUT2D eigenvalue weighted by Gasteiger charge is -2.05. The third kappa shape index (κ3) is 3.12. The largest absolute Gasteiger partial charge is 0.370 e. The van der Waals surface area contributed by atoms with E-state index in [9.17, 15) is 4.79 Å². The maximum Gasteiger partial charge on any atom is 0.219 e. The molecule has 1 aromatic heterocycles. The topological polar surface area (TPSA) is 80.9 Å². The fourth-order valence-electron chi connectivity index (χ4n) is 0.776. The summed E-state index contributed by atoms with van der Waals surface area (Å²) in [4.78, 5) is 18.1. The highest BCUT2D eigenvalue weighted by molar-refractivity contribution is 9.10. The van der Waals surface area contributed by atoms with Crippen LogP contribution in [-0.4, -0.2) is 22.4 Å². The Kier molecular flexibility index (Phi) is 4.09. The van der Waals surface area contributed by atoms with Crippen LogP contribution in [0.3, 0.4) is 0 Å². The van der Waals surface area contributed by atoms with E-state index < -0.39 is 0 Å². The molecule has 0 atom stereocenters. The molecule has 0 spiro atoms. The Labute approximate surface area is 94.2 Å². The molecule has 0 fully saturated rings. The standard InChI is InChI=1S/C7H8BrClN4O/c8-5-6(9)12-3-13-7(5)11-2-1-4(10)14/h3H,1-2H2,(H2,10,14)(H,11,12,13). The molecule has 1 heterocycles. The zero-order chi connectivity index (χ0) is 10.6. The molecular formula is C7H8BrClN4O. The van der Waals surface area contributed by atoms with E-state index in [1.165, 1.54) is 6.33 Å². The van der Waals surface area contributed by atoms with E-state index in [0.717, 1.165) is 0 Å². The lowest BCUT2D eigenvalue weighted by Crippen LogP contribution is -2.16. The smallest absolute Gasteiger partial charge is 0.219 e. The van der Waals surface area contributed by atoms with Crippen LogP contribution in [0.4, 0.5) is 5.82 Å². The van der Waals surface area contributed by atoms with Crippen molar-refractivity contribution in [1.29, 1.82) is 0 Å². The molecule has 14 heavy (non-hydrogen) atoms. The van der Waals surface area contributed by atoms with E-state index >= 15 is 0 Å². The molecule has 0 aliphatic heterocycles. The van der Waals surface area contributed by atoms with Crippen LogP contribution in [0.2, 0.25) is 5.15 Å². The molecule has 7 heteroatoms. The Morgan fingerprint density at radius 2 is 2.36 bits per heavy atom. The molecule has 76 valence electrons. The summed E-state index contributed by atoms with van der Waals surface area (Å²) in [6.07, 6.45) is 1.58. The van der Waals surface area contributed by atoms with E-state index in [2.05, 4.69) is 31.2 Å². The summed E-state index contributed by atoms with van der Waals surface area (Å²) < 4.78 is 0.575. The molecule has 0 unspecified atom stereocenters. The summed E-state index contributed by atoms with van der Waals surface area (Å²) in [5, 5.41) is 3.22. The zero-order valence-corrected chi connectivity index (χ0v) is 9.47. The third-order valence-corrected chi connectivity index (χ3v) is 2.68. The van der Waals surface area contributed by atoms with Crippen molar-refractivity contribution in [2.24, 2.45) is 5.73 Å². The van der Waals surface area contributed by atoms with Crippen LogP contribution in [0.5, 0.6) is 0 Å². The van der Waals surface area contributed by atoms with Crippen LogP contribution < -0.4 is 11.1 Å². The molecule has 0 radical (unpaired) electrons. The summed E-state index contributed by atoms with van der Waals surface area (Å²) >= 11 is 8.94. The van der Waals surface area contributed by atoms with Crippen LogP contribution in [0.15, 0.2) is 10.8 Å². The number of anilines is 1. The maximum absolute atomic E-state index is 10.5. The number of aromatic nitrogens is 2. The number of nitrogens with two attached hydrogens (primary N) is 1. The fraction of sp³-hybridized carbons (Fsp3) is 0.286. The van der Waals surface area contributed by atoms with Crippen molar-refractivity contribution in [3.8, 4) is 0 Å². The average Bonchev–Trinajstić information content (AvgIpc) is 2.12. The van der Waals surface area contributed by atoms with Gasteiger partial charge in [0.15, 0.2) is 0 Å². The number of primary amides is 1. The van der Waals surface area contributed by atoms with Crippen molar-refractivity contribution in [3.63, 3.8) is 0 Å². The predicted octanol–water partition coefficient (Wildman–Crippen LogP) is 1.18. The number of amides is 1. The Balaban J connectivity index is 2.59. The highest BCUT2D eigenvalue weighted by Crippen LogP contribution is 2.25. The van der Waals surface area contributed by atoms with Gasteiger partial charge in [-0.05, 0) is 15.9 Å². The Bertz CT molecular complexity index is 346. The van der Waals surface area contributed by atoms with Crippen molar-refractivity contribution in [2.75, 3.05) is 11.9 Å². The number of nitrogens with one attached hydrogen (secondary N) is 1. The Morgan fingerprint density at radius 3 is 3.00 bits per heavy atom. The monoisotopic (exact) mass is 278 g/mol. The number of carbonyl (C=O) groups is 1. The van der Waals surface area contributed by atoms with Gasteiger partial charge >= 0.3 is 0 Å². The van der Waals surface area contributed by atoms with E-state index in [0.29, 0.717) is 22.0 Å². The minimum atomic E-state index is -0.367. The van der Waals surface area contributed by atoms with Gasteiger partial charge in [-0.3, -0.25) is 4.79 Å². The summed E-state index contributed by atoms with van der Waals surface area (Å²) in [7, 11) is 0. The van der Waals surface area contributed by atoms with E-state index in [1.54, 1.807) is 0 Å². The summed E-state index contributed by atoms with van der Waals surface area (Å²) in [5.41, 5.74) is 4.98. The molecule has 0 saturated heterocycles. The fourth-order valence-corrected chi connectivity index (χ4v) is 1.25. The lowest BCUT2D eigenvalue weighted by atomic mass is 10.4. The van der Waals surface area contributed by atoms with E-state index in [4.69, 9.17) is 17.3 Å². The van der Waals surface area contributed by atoms with Crippen molar-refractivity contribution < 1.29 is 4.79 Å². The quantitative estimate of drug-likeness (QED) is 0.811. The molecule has 1 amide bonds. The third-order valence-electron chi connectivity index (χ3n) is 1.41. The van der Waals surface area contributed by atoms with Crippen molar-refractivity contribution in [3.05, 3.63) is 16.0 Å². The Morgan fingerprint density at radius 1 is 1.64 bits per heavy atom. The average molecular weight is 280 g/mol. The van der Waals surface area contributed by atoms with Gasteiger partial charge in [-0.1, -0.05) is 11.6 Å².